The smallest absolute Gasteiger partial charge is 0.325 e. The van der Waals surface area contributed by atoms with Crippen molar-refractivity contribution in [3.8, 4) is 11.5 Å². The van der Waals surface area contributed by atoms with Crippen LogP contribution in [0.4, 0.5) is 5.69 Å². The van der Waals surface area contributed by atoms with Gasteiger partial charge in [-0.15, -0.1) is 0 Å². The largest absolute Gasteiger partial charge is 0.493 e. The van der Waals surface area contributed by atoms with Crippen molar-refractivity contribution in [1.82, 2.24) is 4.90 Å². The first-order chi connectivity index (χ1) is 18.6. The van der Waals surface area contributed by atoms with Crippen LogP contribution in [0.3, 0.4) is 0 Å². The van der Waals surface area contributed by atoms with Crippen molar-refractivity contribution in [3.63, 3.8) is 0 Å². The Morgan fingerprint density at radius 3 is 2.33 bits per heavy atom. The van der Waals surface area contributed by atoms with E-state index in [1.165, 1.54) is 24.0 Å². The molecular formula is C27H20BrCl3N2O5S. The molecule has 1 aliphatic rings. The molecule has 0 aromatic heterocycles. The van der Waals surface area contributed by atoms with Crippen LogP contribution in [0.1, 0.15) is 11.1 Å². The molecule has 1 aliphatic heterocycles. The predicted molar refractivity (Wildman–Crippen MR) is 160 cm³/mol. The highest BCUT2D eigenvalue weighted by Gasteiger charge is 2.40. The van der Waals surface area contributed by atoms with E-state index in [4.69, 9.17) is 61.2 Å². The number of halogens is 4. The van der Waals surface area contributed by atoms with Gasteiger partial charge in [-0.3, -0.25) is 14.5 Å². The highest BCUT2D eigenvalue weighted by Crippen LogP contribution is 2.37. The summed E-state index contributed by atoms with van der Waals surface area (Å²) in [4.78, 5) is 28.5. The van der Waals surface area contributed by atoms with Gasteiger partial charge in [0.15, 0.2) is 16.6 Å². The van der Waals surface area contributed by atoms with Gasteiger partial charge in [0.2, 0.25) is 0 Å². The summed E-state index contributed by atoms with van der Waals surface area (Å²) in [6, 6.07) is 15.2. The molecule has 0 bridgehead atoms. The number of thiocarbonyl (C=S) groups is 1. The molecule has 3 aromatic carbocycles. The first-order valence-electron chi connectivity index (χ1n) is 11.3. The van der Waals surface area contributed by atoms with Gasteiger partial charge in [0.25, 0.3) is 5.91 Å². The van der Waals surface area contributed by atoms with Gasteiger partial charge in [-0.1, -0.05) is 56.8 Å². The fourth-order valence-electron chi connectivity index (χ4n) is 3.72. The van der Waals surface area contributed by atoms with E-state index in [0.29, 0.717) is 42.3 Å². The minimum Gasteiger partial charge on any atom is -0.493 e. The second-order valence-electron chi connectivity index (χ2n) is 8.14. The van der Waals surface area contributed by atoms with E-state index >= 15 is 0 Å². The highest BCUT2D eigenvalue weighted by molar-refractivity contribution is 9.10. The summed E-state index contributed by atoms with van der Waals surface area (Å²) in [5, 5.41) is 1.64. The van der Waals surface area contributed by atoms with Gasteiger partial charge in [-0.25, -0.2) is 0 Å². The second-order valence-corrected chi connectivity index (χ2v) is 10.6. The maximum Gasteiger partial charge on any atom is 0.325 e. The number of rotatable bonds is 8. The first kappa shape index (κ1) is 29.2. The van der Waals surface area contributed by atoms with E-state index in [1.54, 1.807) is 60.7 Å². The Morgan fingerprint density at radius 1 is 1.00 bits per heavy atom. The van der Waals surface area contributed by atoms with Crippen molar-refractivity contribution in [2.75, 3.05) is 25.7 Å². The molecule has 0 spiro atoms. The van der Waals surface area contributed by atoms with Crippen molar-refractivity contribution in [2.24, 2.45) is 0 Å². The monoisotopic (exact) mass is 668 g/mol. The lowest BCUT2D eigenvalue weighted by molar-refractivity contribution is -0.140. The quantitative estimate of drug-likeness (QED) is 0.143. The number of benzene rings is 3. The minimum atomic E-state index is -0.560. The molecule has 1 saturated heterocycles. The Labute approximate surface area is 253 Å². The summed E-state index contributed by atoms with van der Waals surface area (Å²) in [5.41, 5.74) is 2.01. The molecule has 0 atom stereocenters. The molecule has 1 amide bonds. The fraction of sp³-hybridized carbons (Fsp3) is 0.148. The third-order valence-corrected chi connectivity index (χ3v) is 7.64. The van der Waals surface area contributed by atoms with Crippen LogP contribution in [-0.2, 0) is 20.9 Å². The van der Waals surface area contributed by atoms with Gasteiger partial charge >= 0.3 is 5.97 Å². The number of methoxy groups -OCH3 is 2. The Bertz CT molecular complexity index is 1480. The van der Waals surface area contributed by atoms with Crippen LogP contribution in [0.25, 0.3) is 6.08 Å². The summed E-state index contributed by atoms with van der Waals surface area (Å²) in [6.45, 7) is -0.0796. The first-order valence-corrected chi connectivity index (χ1v) is 13.6. The number of hydrogen-bond donors (Lipinski definition) is 0. The van der Waals surface area contributed by atoms with Crippen LogP contribution in [0.2, 0.25) is 15.1 Å². The maximum absolute atomic E-state index is 13.6. The van der Waals surface area contributed by atoms with Gasteiger partial charge in [0.05, 0.1) is 19.9 Å². The number of esters is 1. The van der Waals surface area contributed by atoms with Crippen molar-refractivity contribution in [2.45, 2.75) is 6.61 Å². The Hall–Kier alpha value is -2.82. The molecule has 3 aromatic rings. The molecular weight excluding hydrogens is 651 g/mol. The molecule has 12 heteroatoms. The lowest BCUT2D eigenvalue weighted by Crippen LogP contribution is -2.35. The average Bonchev–Trinajstić information content (AvgIpc) is 3.13. The number of ether oxygens (including phenoxy) is 3. The van der Waals surface area contributed by atoms with Crippen LogP contribution in [0.15, 0.2) is 64.8 Å². The molecule has 4 rings (SSSR count). The minimum absolute atomic E-state index is 0.127. The number of amides is 1. The number of anilines is 1. The van der Waals surface area contributed by atoms with E-state index in [0.717, 1.165) is 5.56 Å². The molecule has 1 fully saturated rings. The maximum atomic E-state index is 13.6. The lowest BCUT2D eigenvalue weighted by Gasteiger charge is -2.19. The second kappa shape index (κ2) is 12.6. The number of nitrogens with zero attached hydrogens (tertiary/aromatic N) is 2. The molecule has 1 heterocycles. The zero-order valence-electron chi connectivity index (χ0n) is 20.5. The van der Waals surface area contributed by atoms with Crippen molar-refractivity contribution >= 4 is 91.7 Å². The van der Waals surface area contributed by atoms with Gasteiger partial charge < -0.3 is 19.1 Å². The van der Waals surface area contributed by atoms with Crippen LogP contribution < -0.4 is 14.4 Å². The molecule has 7 nitrogen and oxygen atoms in total. The van der Waals surface area contributed by atoms with Crippen LogP contribution in [0.5, 0.6) is 11.5 Å². The molecule has 39 heavy (non-hydrogen) atoms. The Balaban J connectivity index is 1.69. The lowest BCUT2D eigenvalue weighted by atomic mass is 10.1. The average molecular weight is 671 g/mol. The van der Waals surface area contributed by atoms with Gasteiger partial charge in [-0.2, -0.15) is 0 Å². The predicted octanol–water partition coefficient (Wildman–Crippen LogP) is 7.14. The molecule has 0 radical (unpaired) electrons. The molecule has 0 saturated carbocycles. The van der Waals surface area contributed by atoms with Crippen LogP contribution in [-0.4, -0.2) is 42.7 Å². The Morgan fingerprint density at radius 2 is 1.69 bits per heavy atom. The van der Waals surface area contributed by atoms with Gasteiger partial charge in [-0.05, 0) is 72.4 Å². The fourth-order valence-corrected chi connectivity index (χ4v) is 5.10. The van der Waals surface area contributed by atoms with Crippen LogP contribution in [0, 0.1) is 0 Å². The van der Waals surface area contributed by atoms with E-state index in [9.17, 15) is 9.59 Å². The van der Waals surface area contributed by atoms with E-state index < -0.39 is 11.9 Å². The van der Waals surface area contributed by atoms with Crippen molar-refractivity contribution < 1.29 is 23.8 Å². The van der Waals surface area contributed by atoms with Gasteiger partial charge in [0, 0.05) is 25.1 Å². The van der Waals surface area contributed by atoms with E-state index in [1.807, 2.05) is 0 Å². The van der Waals surface area contributed by atoms with E-state index in [-0.39, 0.29) is 24.0 Å². The number of hydrogen-bond acceptors (Lipinski definition) is 6. The summed E-state index contributed by atoms with van der Waals surface area (Å²) >= 11 is 27.4. The Kier molecular flexibility index (Phi) is 9.40. The third kappa shape index (κ3) is 6.50. The molecule has 0 unspecified atom stereocenters. The third-order valence-electron chi connectivity index (χ3n) is 5.71. The molecule has 0 N–H and O–H groups in total. The molecule has 202 valence electrons. The molecule has 0 aliphatic carbocycles. The number of carbonyl (C=O) groups excluding carboxylic acids is 2. The normalized spacial score (nSPS) is 14.3. The summed E-state index contributed by atoms with van der Waals surface area (Å²) < 4.78 is 17.0. The topological polar surface area (TPSA) is 68.3 Å². The summed E-state index contributed by atoms with van der Waals surface area (Å²) in [5.74, 6) is -0.123. The standard InChI is InChI=1S/C27H20BrCl3N2O5S/c1-36-23-10-16(20(28)12-24(23)38-14-15-3-4-18(30)11-21(15)31)9-22-26(35)33(19-7-5-17(29)6-8-19)27(39)32(22)13-25(34)37-2/h3-12H,13-14H2,1-2H3/b22-9-. The van der Waals surface area contributed by atoms with Gasteiger partial charge in [0.1, 0.15) is 18.8 Å². The highest BCUT2D eigenvalue weighted by atomic mass is 79.9. The summed E-state index contributed by atoms with van der Waals surface area (Å²) in [7, 11) is 2.77. The zero-order chi connectivity index (χ0) is 28.3. The van der Waals surface area contributed by atoms with E-state index in [2.05, 4.69) is 15.9 Å². The van der Waals surface area contributed by atoms with Crippen molar-refractivity contribution in [1.29, 1.82) is 0 Å². The van der Waals surface area contributed by atoms with Crippen molar-refractivity contribution in [3.05, 3.63) is 91.0 Å². The van der Waals surface area contributed by atoms with Crippen LogP contribution >= 0.6 is 63.0 Å². The summed E-state index contributed by atoms with van der Waals surface area (Å²) in [6.07, 6.45) is 1.61. The zero-order valence-corrected chi connectivity index (χ0v) is 25.2. The number of carbonyl (C=O) groups is 2. The SMILES string of the molecule is COC(=O)CN1C(=S)N(c2ccc(Cl)cc2)C(=O)/C1=C/c1cc(OC)c(OCc2ccc(Cl)cc2Cl)cc1Br.